The van der Waals surface area contributed by atoms with E-state index in [9.17, 15) is 0 Å². The standard InChI is InChI=1S/C12H13ClN2OS/c1-16-12-9(3-2-6-15-12)7-14-8-10-4-5-11(13)17-10/h2-6,14H,7-8H2,1H3. The molecule has 0 amide bonds. The summed E-state index contributed by atoms with van der Waals surface area (Å²) >= 11 is 7.45. The maximum absolute atomic E-state index is 5.86. The zero-order chi connectivity index (χ0) is 12.1. The van der Waals surface area contributed by atoms with Gasteiger partial charge in [-0.25, -0.2) is 4.98 Å². The van der Waals surface area contributed by atoms with Gasteiger partial charge >= 0.3 is 0 Å². The second-order valence-electron chi connectivity index (χ2n) is 3.48. The van der Waals surface area contributed by atoms with Gasteiger partial charge in [0.1, 0.15) is 0 Å². The fourth-order valence-corrected chi connectivity index (χ4v) is 2.57. The predicted molar refractivity (Wildman–Crippen MR) is 70.7 cm³/mol. The molecule has 0 fully saturated rings. The van der Waals surface area contributed by atoms with E-state index in [1.54, 1.807) is 24.6 Å². The first-order valence-electron chi connectivity index (χ1n) is 5.22. The summed E-state index contributed by atoms with van der Waals surface area (Å²) in [4.78, 5) is 5.37. The Morgan fingerprint density at radius 3 is 2.94 bits per heavy atom. The molecule has 17 heavy (non-hydrogen) atoms. The van der Waals surface area contributed by atoms with Crippen molar-refractivity contribution in [3.05, 3.63) is 45.2 Å². The fourth-order valence-electron chi connectivity index (χ4n) is 1.51. The molecule has 2 heterocycles. The van der Waals surface area contributed by atoms with Crippen LogP contribution in [-0.2, 0) is 13.1 Å². The summed E-state index contributed by atoms with van der Waals surface area (Å²) < 4.78 is 6.00. The van der Waals surface area contributed by atoms with Crippen LogP contribution >= 0.6 is 22.9 Å². The average Bonchev–Trinajstić information content (AvgIpc) is 2.76. The highest BCUT2D eigenvalue weighted by Gasteiger charge is 2.03. The zero-order valence-corrected chi connectivity index (χ0v) is 11.0. The first-order valence-corrected chi connectivity index (χ1v) is 6.42. The molecule has 0 radical (unpaired) electrons. The number of ether oxygens (including phenoxy) is 1. The number of hydrogen-bond donors (Lipinski definition) is 1. The van der Waals surface area contributed by atoms with Crippen LogP contribution in [0, 0.1) is 0 Å². The minimum absolute atomic E-state index is 0.671. The molecule has 0 atom stereocenters. The lowest BCUT2D eigenvalue weighted by molar-refractivity contribution is 0.390. The number of pyridine rings is 1. The fraction of sp³-hybridized carbons (Fsp3) is 0.250. The van der Waals surface area contributed by atoms with Crippen LogP contribution in [0.2, 0.25) is 4.34 Å². The van der Waals surface area contributed by atoms with E-state index in [1.165, 1.54) is 4.88 Å². The molecule has 2 aromatic rings. The molecule has 2 aromatic heterocycles. The zero-order valence-electron chi connectivity index (χ0n) is 9.44. The van der Waals surface area contributed by atoms with Gasteiger partial charge < -0.3 is 10.1 Å². The third-order valence-corrected chi connectivity index (χ3v) is 3.52. The van der Waals surface area contributed by atoms with Crippen molar-refractivity contribution >= 4 is 22.9 Å². The monoisotopic (exact) mass is 268 g/mol. The Morgan fingerprint density at radius 1 is 1.35 bits per heavy atom. The van der Waals surface area contributed by atoms with Crippen molar-refractivity contribution in [3.63, 3.8) is 0 Å². The van der Waals surface area contributed by atoms with Gasteiger partial charge in [-0.3, -0.25) is 0 Å². The smallest absolute Gasteiger partial charge is 0.217 e. The molecule has 90 valence electrons. The Hall–Kier alpha value is -1.10. The molecule has 1 N–H and O–H groups in total. The molecule has 0 aliphatic rings. The minimum atomic E-state index is 0.671. The summed E-state index contributed by atoms with van der Waals surface area (Å²) in [7, 11) is 1.63. The Kier molecular flexibility index (Phi) is 4.36. The number of halogens is 1. The van der Waals surface area contributed by atoms with E-state index in [4.69, 9.17) is 16.3 Å². The van der Waals surface area contributed by atoms with Gasteiger partial charge in [0, 0.05) is 29.7 Å². The SMILES string of the molecule is COc1ncccc1CNCc1ccc(Cl)s1. The molecule has 3 nitrogen and oxygen atoms in total. The second-order valence-corrected chi connectivity index (χ2v) is 5.28. The maximum atomic E-state index is 5.86. The van der Waals surface area contributed by atoms with E-state index in [0.29, 0.717) is 5.88 Å². The van der Waals surface area contributed by atoms with Gasteiger partial charge in [-0.1, -0.05) is 17.7 Å². The van der Waals surface area contributed by atoms with Crippen molar-refractivity contribution < 1.29 is 4.74 Å². The van der Waals surface area contributed by atoms with Crippen molar-refractivity contribution in [2.24, 2.45) is 0 Å². The summed E-state index contributed by atoms with van der Waals surface area (Å²) in [6, 6.07) is 7.84. The minimum Gasteiger partial charge on any atom is -0.481 e. The van der Waals surface area contributed by atoms with Gasteiger partial charge in [0.05, 0.1) is 11.4 Å². The summed E-state index contributed by atoms with van der Waals surface area (Å²) in [6.45, 7) is 1.53. The predicted octanol–water partition coefficient (Wildman–Crippen LogP) is 3.09. The van der Waals surface area contributed by atoms with E-state index < -0.39 is 0 Å². The molecule has 0 aliphatic carbocycles. The van der Waals surface area contributed by atoms with E-state index in [1.807, 2.05) is 24.3 Å². The van der Waals surface area contributed by atoms with Gasteiger partial charge in [-0.05, 0) is 18.2 Å². The van der Waals surface area contributed by atoms with Gasteiger partial charge in [-0.15, -0.1) is 11.3 Å². The maximum Gasteiger partial charge on any atom is 0.217 e. The molecule has 0 aromatic carbocycles. The molecule has 0 unspecified atom stereocenters. The van der Waals surface area contributed by atoms with Crippen LogP contribution in [0.15, 0.2) is 30.5 Å². The van der Waals surface area contributed by atoms with Gasteiger partial charge in [0.25, 0.3) is 0 Å². The molecule has 0 bridgehead atoms. The molecule has 2 rings (SSSR count). The van der Waals surface area contributed by atoms with Crippen LogP contribution in [-0.4, -0.2) is 12.1 Å². The lowest BCUT2D eigenvalue weighted by Gasteiger charge is -2.07. The summed E-state index contributed by atoms with van der Waals surface area (Å²) in [6.07, 6.45) is 1.72. The van der Waals surface area contributed by atoms with E-state index in [2.05, 4.69) is 10.3 Å². The van der Waals surface area contributed by atoms with Crippen molar-refractivity contribution in [1.82, 2.24) is 10.3 Å². The highest BCUT2D eigenvalue weighted by Crippen LogP contribution is 2.21. The third kappa shape index (κ3) is 3.43. The van der Waals surface area contributed by atoms with Crippen LogP contribution < -0.4 is 10.1 Å². The summed E-state index contributed by atoms with van der Waals surface area (Å²) in [5.74, 6) is 0.671. The summed E-state index contributed by atoms with van der Waals surface area (Å²) in [5.41, 5.74) is 1.05. The highest BCUT2D eigenvalue weighted by molar-refractivity contribution is 7.16. The van der Waals surface area contributed by atoms with Crippen LogP contribution in [0.3, 0.4) is 0 Å². The first-order chi connectivity index (χ1) is 8.29. The molecule has 0 spiro atoms. The Morgan fingerprint density at radius 2 is 2.24 bits per heavy atom. The highest BCUT2D eigenvalue weighted by atomic mass is 35.5. The second kappa shape index (κ2) is 6.00. The van der Waals surface area contributed by atoms with Crippen LogP contribution in [0.1, 0.15) is 10.4 Å². The summed E-state index contributed by atoms with van der Waals surface area (Å²) in [5, 5.41) is 3.34. The molecular formula is C12H13ClN2OS. The topological polar surface area (TPSA) is 34.1 Å². The Bertz CT molecular complexity index is 487. The Balaban J connectivity index is 1.89. The van der Waals surface area contributed by atoms with Crippen molar-refractivity contribution in [2.75, 3.05) is 7.11 Å². The third-order valence-electron chi connectivity index (χ3n) is 2.29. The van der Waals surface area contributed by atoms with E-state index in [0.717, 1.165) is 23.0 Å². The van der Waals surface area contributed by atoms with Gasteiger partial charge in [0.15, 0.2) is 0 Å². The van der Waals surface area contributed by atoms with E-state index in [-0.39, 0.29) is 0 Å². The van der Waals surface area contributed by atoms with Crippen molar-refractivity contribution in [3.8, 4) is 5.88 Å². The number of rotatable bonds is 5. The largest absolute Gasteiger partial charge is 0.481 e. The number of thiophene rings is 1. The van der Waals surface area contributed by atoms with Gasteiger partial charge in [-0.2, -0.15) is 0 Å². The van der Waals surface area contributed by atoms with Gasteiger partial charge in [0.2, 0.25) is 5.88 Å². The number of nitrogens with one attached hydrogen (secondary N) is 1. The molecular weight excluding hydrogens is 256 g/mol. The van der Waals surface area contributed by atoms with Crippen LogP contribution in [0.4, 0.5) is 0 Å². The molecule has 5 heteroatoms. The van der Waals surface area contributed by atoms with E-state index >= 15 is 0 Å². The molecule has 0 saturated carbocycles. The van der Waals surface area contributed by atoms with Crippen LogP contribution in [0.5, 0.6) is 5.88 Å². The molecule has 0 aliphatic heterocycles. The normalized spacial score (nSPS) is 10.5. The molecule has 0 saturated heterocycles. The Labute approximate surface area is 109 Å². The first kappa shape index (κ1) is 12.4. The van der Waals surface area contributed by atoms with Crippen molar-refractivity contribution in [1.29, 1.82) is 0 Å². The lowest BCUT2D eigenvalue weighted by Crippen LogP contribution is -2.12. The quantitative estimate of drug-likeness (QED) is 0.905. The lowest BCUT2D eigenvalue weighted by atomic mass is 10.2. The average molecular weight is 269 g/mol. The number of hydrogen-bond acceptors (Lipinski definition) is 4. The number of nitrogens with zero attached hydrogens (tertiary/aromatic N) is 1. The number of aromatic nitrogens is 1. The van der Waals surface area contributed by atoms with Crippen molar-refractivity contribution in [2.45, 2.75) is 13.1 Å². The number of methoxy groups -OCH3 is 1. The van der Waals surface area contributed by atoms with Crippen LogP contribution in [0.25, 0.3) is 0 Å².